The van der Waals surface area contributed by atoms with Gasteiger partial charge in [-0.3, -0.25) is 0 Å². The number of aromatic nitrogens is 2. The first-order chi connectivity index (χ1) is 10.3. The maximum atomic E-state index is 4.59. The second-order valence-electron chi connectivity index (χ2n) is 6.02. The van der Waals surface area contributed by atoms with Crippen LogP contribution < -0.4 is 10.2 Å². The van der Waals surface area contributed by atoms with Crippen LogP contribution in [0.4, 0.5) is 11.6 Å². The molecule has 0 spiro atoms. The molecule has 0 unspecified atom stereocenters. The third kappa shape index (κ3) is 4.08. The second kappa shape index (κ2) is 8.20. The van der Waals surface area contributed by atoms with Crippen molar-refractivity contribution in [2.24, 2.45) is 5.92 Å². The summed E-state index contributed by atoms with van der Waals surface area (Å²) in [4.78, 5) is 11.5. The Hall–Kier alpha value is -1.32. The maximum absolute atomic E-state index is 4.59. The summed E-state index contributed by atoms with van der Waals surface area (Å²) in [6.07, 6.45) is 9.11. The minimum Gasteiger partial charge on any atom is -0.370 e. The molecule has 1 fully saturated rings. The highest BCUT2D eigenvalue weighted by atomic mass is 15.2. The van der Waals surface area contributed by atoms with Gasteiger partial charge in [-0.1, -0.05) is 33.6 Å². The zero-order valence-electron chi connectivity index (χ0n) is 13.9. The molecule has 4 nitrogen and oxygen atoms in total. The fourth-order valence-electron chi connectivity index (χ4n) is 3.24. The standard InChI is InChI=1S/C17H30N4/c1-4-7-14-8-11-21(12-9-14)17-15(6-3)16(18-10-5-2)19-13-20-17/h13-14H,4-12H2,1-3H3,(H,18,19,20). The molecule has 1 aromatic rings. The highest BCUT2D eigenvalue weighted by Crippen LogP contribution is 2.29. The molecule has 1 saturated heterocycles. The molecular weight excluding hydrogens is 260 g/mol. The predicted molar refractivity (Wildman–Crippen MR) is 90.0 cm³/mol. The van der Waals surface area contributed by atoms with Gasteiger partial charge in [0.15, 0.2) is 0 Å². The van der Waals surface area contributed by atoms with E-state index in [4.69, 9.17) is 0 Å². The Balaban J connectivity index is 2.09. The van der Waals surface area contributed by atoms with Crippen LogP contribution in [-0.4, -0.2) is 29.6 Å². The van der Waals surface area contributed by atoms with Crippen LogP contribution in [-0.2, 0) is 6.42 Å². The van der Waals surface area contributed by atoms with Crippen molar-refractivity contribution in [2.75, 3.05) is 29.9 Å². The molecule has 118 valence electrons. The van der Waals surface area contributed by atoms with Gasteiger partial charge in [0.2, 0.25) is 0 Å². The first-order valence-electron chi connectivity index (χ1n) is 8.62. The van der Waals surface area contributed by atoms with E-state index in [1.165, 1.54) is 31.2 Å². The van der Waals surface area contributed by atoms with Crippen molar-refractivity contribution in [3.8, 4) is 0 Å². The number of piperidine rings is 1. The summed E-state index contributed by atoms with van der Waals surface area (Å²) in [5.41, 5.74) is 1.28. The molecule has 1 aliphatic rings. The Morgan fingerprint density at radius 3 is 2.52 bits per heavy atom. The van der Waals surface area contributed by atoms with Crippen LogP contribution in [0.25, 0.3) is 0 Å². The quantitative estimate of drug-likeness (QED) is 0.827. The predicted octanol–water partition coefficient (Wildman–Crippen LogP) is 3.88. The second-order valence-corrected chi connectivity index (χ2v) is 6.02. The molecule has 4 heteroatoms. The fourth-order valence-corrected chi connectivity index (χ4v) is 3.24. The normalized spacial score (nSPS) is 16.2. The third-order valence-electron chi connectivity index (χ3n) is 4.43. The molecule has 0 bridgehead atoms. The van der Waals surface area contributed by atoms with Crippen molar-refractivity contribution < 1.29 is 0 Å². The molecule has 0 amide bonds. The molecule has 1 aliphatic heterocycles. The highest BCUT2D eigenvalue weighted by Gasteiger charge is 2.22. The molecule has 0 radical (unpaired) electrons. The summed E-state index contributed by atoms with van der Waals surface area (Å²) in [7, 11) is 0. The van der Waals surface area contributed by atoms with Gasteiger partial charge in [0, 0.05) is 25.2 Å². The van der Waals surface area contributed by atoms with Gasteiger partial charge >= 0.3 is 0 Å². The average Bonchev–Trinajstić information content (AvgIpc) is 2.53. The average molecular weight is 290 g/mol. The maximum Gasteiger partial charge on any atom is 0.137 e. The van der Waals surface area contributed by atoms with Crippen LogP contribution in [0.5, 0.6) is 0 Å². The third-order valence-corrected chi connectivity index (χ3v) is 4.43. The number of rotatable bonds is 7. The Morgan fingerprint density at radius 1 is 1.14 bits per heavy atom. The van der Waals surface area contributed by atoms with Gasteiger partial charge in [-0.15, -0.1) is 0 Å². The van der Waals surface area contributed by atoms with E-state index in [1.54, 1.807) is 6.33 Å². The lowest BCUT2D eigenvalue weighted by Gasteiger charge is -2.34. The van der Waals surface area contributed by atoms with E-state index in [1.807, 2.05) is 0 Å². The first-order valence-corrected chi connectivity index (χ1v) is 8.62. The monoisotopic (exact) mass is 290 g/mol. The van der Waals surface area contributed by atoms with Gasteiger partial charge in [0.05, 0.1) is 0 Å². The molecule has 0 aromatic carbocycles. The Bertz CT molecular complexity index is 425. The van der Waals surface area contributed by atoms with E-state index in [0.717, 1.165) is 50.0 Å². The lowest BCUT2D eigenvalue weighted by molar-refractivity contribution is 0.377. The van der Waals surface area contributed by atoms with Crippen LogP contribution >= 0.6 is 0 Å². The molecule has 2 heterocycles. The summed E-state index contributed by atoms with van der Waals surface area (Å²) in [6, 6.07) is 0. The van der Waals surface area contributed by atoms with Crippen molar-refractivity contribution >= 4 is 11.6 Å². The van der Waals surface area contributed by atoms with E-state index >= 15 is 0 Å². The number of hydrogen-bond donors (Lipinski definition) is 1. The van der Waals surface area contributed by atoms with Crippen molar-refractivity contribution in [1.29, 1.82) is 0 Å². The van der Waals surface area contributed by atoms with Gasteiger partial charge in [-0.2, -0.15) is 0 Å². The Labute approximate surface area is 129 Å². The van der Waals surface area contributed by atoms with Gasteiger partial charge in [0.25, 0.3) is 0 Å². The summed E-state index contributed by atoms with van der Waals surface area (Å²) >= 11 is 0. The molecule has 1 aromatic heterocycles. The molecule has 0 atom stereocenters. The zero-order valence-corrected chi connectivity index (χ0v) is 13.9. The number of hydrogen-bond acceptors (Lipinski definition) is 4. The Morgan fingerprint density at radius 2 is 1.90 bits per heavy atom. The van der Waals surface area contributed by atoms with Crippen molar-refractivity contribution in [2.45, 2.75) is 59.3 Å². The van der Waals surface area contributed by atoms with E-state index in [0.29, 0.717) is 0 Å². The van der Waals surface area contributed by atoms with Gasteiger partial charge < -0.3 is 10.2 Å². The molecule has 0 aliphatic carbocycles. The molecular formula is C17H30N4. The smallest absolute Gasteiger partial charge is 0.137 e. The summed E-state index contributed by atoms with van der Waals surface area (Å²) < 4.78 is 0. The van der Waals surface area contributed by atoms with Crippen molar-refractivity contribution in [3.63, 3.8) is 0 Å². The van der Waals surface area contributed by atoms with Gasteiger partial charge in [0.1, 0.15) is 18.0 Å². The Kier molecular flexibility index (Phi) is 6.27. The van der Waals surface area contributed by atoms with Crippen LogP contribution in [0.1, 0.15) is 58.4 Å². The van der Waals surface area contributed by atoms with Crippen LogP contribution in [0, 0.1) is 5.92 Å². The SMILES string of the molecule is CCCNc1ncnc(N2CCC(CCC)CC2)c1CC. The van der Waals surface area contributed by atoms with E-state index < -0.39 is 0 Å². The summed E-state index contributed by atoms with van der Waals surface area (Å²) in [6.45, 7) is 9.92. The number of nitrogens with zero attached hydrogens (tertiary/aromatic N) is 3. The molecule has 2 rings (SSSR count). The van der Waals surface area contributed by atoms with Gasteiger partial charge in [-0.25, -0.2) is 9.97 Å². The number of nitrogens with one attached hydrogen (secondary N) is 1. The topological polar surface area (TPSA) is 41.1 Å². The minimum absolute atomic E-state index is 0.913. The first kappa shape index (κ1) is 16.1. The fraction of sp³-hybridized carbons (Fsp3) is 0.765. The van der Waals surface area contributed by atoms with E-state index in [9.17, 15) is 0 Å². The number of anilines is 2. The lowest BCUT2D eigenvalue weighted by Crippen LogP contribution is -2.35. The van der Waals surface area contributed by atoms with Gasteiger partial charge in [-0.05, 0) is 31.6 Å². The van der Waals surface area contributed by atoms with Crippen LogP contribution in [0.15, 0.2) is 6.33 Å². The van der Waals surface area contributed by atoms with E-state index in [2.05, 4.69) is 41.0 Å². The molecule has 21 heavy (non-hydrogen) atoms. The summed E-state index contributed by atoms with van der Waals surface area (Å²) in [5.74, 6) is 3.09. The van der Waals surface area contributed by atoms with Crippen molar-refractivity contribution in [1.82, 2.24) is 9.97 Å². The molecule has 1 N–H and O–H groups in total. The highest BCUT2D eigenvalue weighted by molar-refractivity contribution is 5.59. The van der Waals surface area contributed by atoms with Crippen LogP contribution in [0.2, 0.25) is 0 Å². The summed E-state index contributed by atoms with van der Waals surface area (Å²) in [5, 5.41) is 3.44. The zero-order chi connectivity index (χ0) is 15.1. The largest absolute Gasteiger partial charge is 0.370 e. The minimum atomic E-state index is 0.913. The van der Waals surface area contributed by atoms with Crippen molar-refractivity contribution in [3.05, 3.63) is 11.9 Å². The van der Waals surface area contributed by atoms with E-state index in [-0.39, 0.29) is 0 Å². The molecule has 0 saturated carbocycles. The van der Waals surface area contributed by atoms with Crippen LogP contribution in [0.3, 0.4) is 0 Å². The lowest BCUT2D eigenvalue weighted by atomic mass is 9.92.